The van der Waals surface area contributed by atoms with Crippen LogP contribution in [-0.2, 0) is 6.42 Å². The number of rotatable bonds is 5. The van der Waals surface area contributed by atoms with Gasteiger partial charge in [0.15, 0.2) is 0 Å². The molecule has 2 aromatic carbocycles. The van der Waals surface area contributed by atoms with E-state index in [0.717, 1.165) is 11.3 Å². The summed E-state index contributed by atoms with van der Waals surface area (Å²) in [5.74, 6) is -0.277. The summed E-state index contributed by atoms with van der Waals surface area (Å²) in [7, 11) is 0. The Morgan fingerprint density at radius 3 is 2.60 bits per heavy atom. The summed E-state index contributed by atoms with van der Waals surface area (Å²) in [6.45, 7) is 1.79. The smallest absolute Gasteiger partial charge is 0.123 e. The van der Waals surface area contributed by atoms with Crippen LogP contribution in [0.4, 0.5) is 10.1 Å². The number of aliphatic hydroxyl groups is 1. The Hall–Kier alpha value is -1.58. The number of nitrogens with one attached hydrogen (secondary N) is 1. The minimum Gasteiger partial charge on any atom is -0.394 e. The van der Waals surface area contributed by atoms with E-state index in [1.165, 1.54) is 12.1 Å². The van der Waals surface area contributed by atoms with Crippen molar-refractivity contribution in [1.82, 2.24) is 0 Å². The second kappa shape index (κ2) is 6.25. The monoisotopic (exact) mass is 293 g/mol. The normalized spacial score (nSPS) is 13.8. The summed E-state index contributed by atoms with van der Waals surface area (Å²) in [6.07, 6.45) is 0.493. The summed E-state index contributed by atoms with van der Waals surface area (Å²) in [4.78, 5) is 0. The van der Waals surface area contributed by atoms with E-state index >= 15 is 0 Å². The quantitative estimate of drug-likeness (QED) is 0.877. The Labute approximate surface area is 123 Å². The van der Waals surface area contributed by atoms with Gasteiger partial charge in [-0.3, -0.25) is 0 Å². The van der Waals surface area contributed by atoms with Crippen LogP contribution in [0.15, 0.2) is 48.5 Å². The molecule has 106 valence electrons. The topological polar surface area (TPSA) is 32.3 Å². The second-order valence-electron chi connectivity index (χ2n) is 5.13. The Morgan fingerprint density at radius 2 is 1.95 bits per heavy atom. The molecule has 2 N–H and O–H groups in total. The summed E-state index contributed by atoms with van der Waals surface area (Å²) in [5, 5.41) is 13.5. The zero-order valence-electron chi connectivity index (χ0n) is 11.2. The van der Waals surface area contributed by atoms with Crippen LogP contribution in [0.5, 0.6) is 0 Å². The Morgan fingerprint density at radius 1 is 1.20 bits per heavy atom. The number of halogens is 2. The Kier molecular flexibility index (Phi) is 4.63. The van der Waals surface area contributed by atoms with Crippen molar-refractivity contribution in [3.63, 3.8) is 0 Å². The molecular formula is C16H17ClFNO. The van der Waals surface area contributed by atoms with Gasteiger partial charge in [-0.15, -0.1) is 0 Å². The van der Waals surface area contributed by atoms with Gasteiger partial charge in [-0.05, 0) is 43.2 Å². The molecule has 0 spiro atoms. The SMILES string of the molecule is CC(CO)(Cc1cccc(F)c1)Nc1ccccc1Cl. The predicted molar refractivity (Wildman–Crippen MR) is 80.7 cm³/mol. The number of anilines is 1. The molecule has 1 atom stereocenters. The maximum absolute atomic E-state index is 13.2. The van der Waals surface area contributed by atoms with Crippen molar-refractivity contribution < 1.29 is 9.50 Å². The lowest BCUT2D eigenvalue weighted by molar-refractivity contribution is 0.222. The molecule has 0 saturated heterocycles. The molecule has 20 heavy (non-hydrogen) atoms. The van der Waals surface area contributed by atoms with Gasteiger partial charge in [0.1, 0.15) is 5.82 Å². The standard InChI is InChI=1S/C16H17ClFNO/c1-16(11-20,10-12-5-4-6-13(18)9-12)19-15-8-3-2-7-14(15)17/h2-9,19-20H,10-11H2,1H3. The average molecular weight is 294 g/mol. The first-order valence-electron chi connectivity index (χ1n) is 6.40. The molecule has 0 radical (unpaired) electrons. The van der Waals surface area contributed by atoms with Gasteiger partial charge >= 0.3 is 0 Å². The molecule has 0 saturated carbocycles. The highest BCUT2D eigenvalue weighted by molar-refractivity contribution is 6.33. The van der Waals surface area contributed by atoms with Gasteiger partial charge in [-0.25, -0.2) is 4.39 Å². The van der Waals surface area contributed by atoms with Gasteiger partial charge in [0.05, 0.1) is 22.9 Å². The summed E-state index contributed by atoms with van der Waals surface area (Å²) >= 11 is 6.11. The zero-order valence-corrected chi connectivity index (χ0v) is 12.0. The molecule has 4 heteroatoms. The fourth-order valence-corrected chi connectivity index (χ4v) is 2.31. The minimum absolute atomic E-state index is 0.0886. The van der Waals surface area contributed by atoms with Crippen LogP contribution < -0.4 is 5.32 Å². The Bertz CT molecular complexity index is 590. The molecule has 2 nitrogen and oxygen atoms in total. The lowest BCUT2D eigenvalue weighted by Crippen LogP contribution is -2.41. The number of aliphatic hydroxyl groups excluding tert-OH is 1. The van der Waals surface area contributed by atoms with Crippen LogP contribution in [-0.4, -0.2) is 17.3 Å². The Balaban J connectivity index is 2.19. The molecule has 0 aromatic heterocycles. The van der Waals surface area contributed by atoms with E-state index in [1.54, 1.807) is 12.1 Å². The van der Waals surface area contributed by atoms with Gasteiger partial charge in [0, 0.05) is 0 Å². The van der Waals surface area contributed by atoms with Crippen molar-refractivity contribution in [2.75, 3.05) is 11.9 Å². The van der Waals surface area contributed by atoms with Crippen LogP contribution in [0, 0.1) is 5.82 Å². The van der Waals surface area contributed by atoms with Gasteiger partial charge in [-0.1, -0.05) is 35.9 Å². The number of hydrogen-bond donors (Lipinski definition) is 2. The average Bonchev–Trinajstić information content (AvgIpc) is 2.41. The van der Waals surface area contributed by atoms with Crippen molar-refractivity contribution in [2.45, 2.75) is 18.9 Å². The first-order chi connectivity index (χ1) is 9.52. The van der Waals surface area contributed by atoms with Gasteiger partial charge in [0.2, 0.25) is 0 Å². The number of benzene rings is 2. The highest BCUT2D eigenvalue weighted by Gasteiger charge is 2.24. The number of hydrogen-bond acceptors (Lipinski definition) is 2. The lowest BCUT2D eigenvalue weighted by atomic mass is 9.93. The third-order valence-electron chi connectivity index (χ3n) is 3.14. The van der Waals surface area contributed by atoms with Crippen LogP contribution in [0.2, 0.25) is 5.02 Å². The molecule has 2 rings (SSSR count). The highest BCUT2D eigenvalue weighted by Crippen LogP contribution is 2.26. The summed E-state index contributed by atoms with van der Waals surface area (Å²) in [6, 6.07) is 13.7. The van der Waals surface area contributed by atoms with Crippen molar-refractivity contribution in [3.8, 4) is 0 Å². The van der Waals surface area contributed by atoms with Crippen molar-refractivity contribution in [1.29, 1.82) is 0 Å². The van der Waals surface area contributed by atoms with E-state index in [0.29, 0.717) is 11.4 Å². The molecule has 0 aliphatic carbocycles. The first kappa shape index (κ1) is 14.8. The first-order valence-corrected chi connectivity index (χ1v) is 6.78. The largest absolute Gasteiger partial charge is 0.394 e. The van der Waals surface area contributed by atoms with E-state index in [9.17, 15) is 9.50 Å². The van der Waals surface area contributed by atoms with Crippen LogP contribution >= 0.6 is 11.6 Å². The van der Waals surface area contributed by atoms with E-state index in [1.807, 2.05) is 31.2 Å². The van der Waals surface area contributed by atoms with E-state index in [2.05, 4.69) is 5.32 Å². The van der Waals surface area contributed by atoms with Crippen molar-refractivity contribution in [3.05, 3.63) is 64.9 Å². The van der Waals surface area contributed by atoms with Crippen LogP contribution in [0.1, 0.15) is 12.5 Å². The molecule has 2 aromatic rings. The fourth-order valence-electron chi connectivity index (χ4n) is 2.12. The zero-order chi connectivity index (χ0) is 14.6. The highest BCUT2D eigenvalue weighted by atomic mass is 35.5. The number of para-hydroxylation sites is 1. The minimum atomic E-state index is -0.612. The third kappa shape index (κ3) is 3.71. The van der Waals surface area contributed by atoms with Gasteiger partial charge in [0.25, 0.3) is 0 Å². The predicted octanol–water partition coefficient (Wildman–Crippen LogP) is 3.88. The fraction of sp³-hybridized carbons (Fsp3) is 0.250. The van der Waals surface area contributed by atoms with Crippen molar-refractivity contribution >= 4 is 17.3 Å². The molecule has 0 aliphatic rings. The van der Waals surface area contributed by atoms with E-state index in [-0.39, 0.29) is 12.4 Å². The van der Waals surface area contributed by atoms with Crippen LogP contribution in [0.25, 0.3) is 0 Å². The maximum Gasteiger partial charge on any atom is 0.123 e. The lowest BCUT2D eigenvalue weighted by Gasteiger charge is -2.30. The van der Waals surface area contributed by atoms with Gasteiger partial charge < -0.3 is 10.4 Å². The van der Waals surface area contributed by atoms with Gasteiger partial charge in [-0.2, -0.15) is 0 Å². The molecule has 0 bridgehead atoms. The molecule has 0 amide bonds. The summed E-state index contributed by atoms with van der Waals surface area (Å²) < 4.78 is 13.2. The second-order valence-corrected chi connectivity index (χ2v) is 5.54. The summed E-state index contributed by atoms with van der Waals surface area (Å²) in [5.41, 5.74) is 0.960. The van der Waals surface area contributed by atoms with Crippen molar-refractivity contribution in [2.24, 2.45) is 0 Å². The molecule has 0 heterocycles. The maximum atomic E-state index is 13.2. The molecule has 0 aliphatic heterocycles. The van der Waals surface area contributed by atoms with E-state index < -0.39 is 5.54 Å². The van der Waals surface area contributed by atoms with E-state index in [4.69, 9.17) is 11.6 Å². The molecular weight excluding hydrogens is 277 g/mol. The third-order valence-corrected chi connectivity index (χ3v) is 3.47. The molecule has 1 unspecified atom stereocenters. The van der Waals surface area contributed by atoms with Crippen LogP contribution in [0.3, 0.4) is 0 Å². The molecule has 0 fully saturated rings.